The molecule has 2 rings (SSSR count). The SMILES string of the molecule is Br.Pc1ccccc1C(I)c1ccccc1. The molecule has 0 aliphatic rings. The van der Waals surface area contributed by atoms with E-state index in [0.29, 0.717) is 3.92 Å². The van der Waals surface area contributed by atoms with Crippen molar-refractivity contribution in [2.45, 2.75) is 3.92 Å². The van der Waals surface area contributed by atoms with E-state index < -0.39 is 0 Å². The molecule has 0 aliphatic heterocycles. The van der Waals surface area contributed by atoms with E-state index >= 15 is 0 Å². The summed E-state index contributed by atoms with van der Waals surface area (Å²) >= 11 is 2.49. The number of halogens is 2. The summed E-state index contributed by atoms with van der Waals surface area (Å²) in [5, 5.41) is 1.28. The van der Waals surface area contributed by atoms with Gasteiger partial charge >= 0.3 is 0 Å². The van der Waals surface area contributed by atoms with Crippen molar-refractivity contribution in [2.75, 3.05) is 0 Å². The molecule has 2 aromatic rings. The lowest BCUT2D eigenvalue weighted by Crippen LogP contribution is -2.03. The summed E-state index contributed by atoms with van der Waals surface area (Å²) in [4.78, 5) is 0. The van der Waals surface area contributed by atoms with Gasteiger partial charge in [0.1, 0.15) is 0 Å². The van der Waals surface area contributed by atoms with Gasteiger partial charge in [0, 0.05) is 0 Å². The molecule has 84 valence electrons. The van der Waals surface area contributed by atoms with Crippen LogP contribution in [0.1, 0.15) is 15.1 Å². The first kappa shape index (κ1) is 14.1. The van der Waals surface area contributed by atoms with Gasteiger partial charge in [0.25, 0.3) is 0 Å². The van der Waals surface area contributed by atoms with Gasteiger partial charge in [0.05, 0.1) is 3.92 Å². The summed E-state index contributed by atoms with van der Waals surface area (Å²) in [5.74, 6) is 0. The van der Waals surface area contributed by atoms with Gasteiger partial charge < -0.3 is 0 Å². The molecule has 16 heavy (non-hydrogen) atoms. The van der Waals surface area contributed by atoms with Gasteiger partial charge in [-0.15, -0.1) is 26.2 Å². The number of alkyl halides is 1. The maximum Gasteiger partial charge on any atom is 0.0614 e. The molecule has 2 atom stereocenters. The smallest absolute Gasteiger partial charge is 0.0614 e. The quantitative estimate of drug-likeness (QED) is 0.396. The Balaban J connectivity index is 0.00000128. The number of rotatable bonds is 2. The predicted octanol–water partition coefficient (Wildman–Crippen LogP) is 4.29. The van der Waals surface area contributed by atoms with Crippen LogP contribution in [0.25, 0.3) is 0 Å². The topological polar surface area (TPSA) is 0 Å². The first-order valence-electron chi connectivity index (χ1n) is 4.82. The van der Waals surface area contributed by atoms with Crippen molar-refractivity contribution in [3.63, 3.8) is 0 Å². The van der Waals surface area contributed by atoms with Crippen molar-refractivity contribution in [3.8, 4) is 0 Å². The van der Waals surface area contributed by atoms with Crippen LogP contribution >= 0.6 is 48.8 Å². The van der Waals surface area contributed by atoms with Crippen LogP contribution in [0.15, 0.2) is 54.6 Å². The fourth-order valence-corrected chi connectivity index (χ4v) is 3.24. The van der Waals surface area contributed by atoms with E-state index in [1.807, 2.05) is 0 Å². The molecule has 3 heteroatoms. The zero-order valence-corrected chi connectivity index (χ0v) is 13.7. The molecular weight excluding hydrogens is 394 g/mol. The molecule has 0 nitrogen and oxygen atoms in total. The maximum absolute atomic E-state index is 2.80. The molecule has 0 N–H and O–H groups in total. The molecule has 0 bridgehead atoms. The van der Waals surface area contributed by atoms with E-state index in [1.54, 1.807) is 0 Å². The molecule has 0 amide bonds. The maximum atomic E-state index is 2.80. The Bertz CT molecular complexity index is 445. The van der Waals surface area contributed by atoms with Crippen molar-refractivity contribution in [3.05, 3.63) is 65.7 Å². The van der Waals surface area contributed by atoms with Crippen LogP contribution in [0.5, 0.6) is 0 Å². The molecular formula is C13H13BrIP. The second kappa shape index (κ2) is 6.73. The molecule has 0 fully saturated rings. The van der Waals surface area contributed by atoms with Crippen molar-refractivity contribution in [1.82, 2.24) is 0 Å². The minimum absolute atomic E-state index is 0. The van der Waals surface area contributed by atoms with E-state index in [2.05, 4.69) is 86.4 Å². The van der Waals surface area contributed by atoms with Crippen molar-refractivity contribution >= 4 is 54.1 Å². The average molecular weight is 407 g/mol. The van der Waals surface area contributed by atoms with Gasteiger partial charge in [0.2, 0.25) is 0 Å². The second-order valence-corrected chi connectivity index (χ2v) is 5.27. The Labute approximate surface area is 123 Å². The summed E-state index contributed by atoms with van der Waals surface area (Å²) in [5.41, 5.74) is 2.72. The summed E-state index contributed by atoms with van der Waals surface area (Å²) in [6.45, 7) is 0. The average Bonchev–Trinajstić information content (AvgIpc) is 2.30. The highest BCUT2D eigenvalue weighted by molar-refractivity contribution is 14.1. The number of hydrogen-bond donors (Lipinski definition) is 0. The van der Waals surface area contributed by atoms with Gasteiger partial charge in [-0.25, -0.2) is 0 Å². The van der Waals surface area contributed by atoms with Gasteiger partial charge in [-0.05, 0) is 16.4 Å². The van der Waals surface area contributed by atoms with E-state index in [4.69, 9.17) is 0 Å². The zero-order valence-electron chi connectivity index (χ0n) is 8.64. The summed E-state index contributed by atoms with van der Waals surface area (Å²) in [6, 6.07) is 19.1. The molecule has 0 saturated heterocycles. The van der Waals surface area contributed by atoms with Crippen LogP contribution in [-0.2, 0) is 0 Å². The lowest BCUT2D eigenvalue weighted by molar-refractivity contribution is 1.22. The van der Waals surface area contributed by atoms with E-state index in [1.165, 1.54) is 16.4 Å². The number of hydrogen-bond acceptors (Lipinski definition) is 0. The van der Waals surface area contributed by atoms with E-state index in [0.717, 1.165) is 0 Å². The zero-order chi connectivity index (χ0) is 10.7. The first-order chi connectivity index (χ1) is 7.29. The molecule has 2 unspecified atom stereocenters. The van der Waals surface area contributed by atoms with Gasteiger partial charge in [0.15, 0.2) is 0 Å². The Morgan fingerprint density at radius 2 is 1.44 bits per heavy atom. The lowest BCUT2D eigenvalue weighted by atomic mass is 10.1. The predicted molar refractivity (Wildman–Crippen MR) is 88.4 cm³/mol. The summed E-state index contributed by atoms with van der Waals surface area (Å²) in [6.07, 6.45) is 0. The minimum Gasteiger partial charge on any atom is -0.114 e. The lowest BCUT2D eigenvalue weighted by Gasteiger charge is -2.12. The van der Waals surface area contributed by atoms with Crippen LogP contribution in [0.3, 0.4) is 0 Å². The second-order valence-electron chi connectivity index (χ2n) is 3.40. The molecule has 0 spiro atoms. The molecule has 0 radical (unpaired) electrons. The van der Waals surface area contributed by atoms with Gasteiger partial charge in [-0.2, -0.15) is 0 Å². The third-order valence-electron chi connectivity index (χ3n) is 2.36. The highest BCUT2D eigenvalue weighted by atomic mass is 127. The third-order valence-corrected chi connectivity index (χ3v) is 4.28. The van der Waals surface area contributed by atoms with Crippen LogP contribution in [0.2, 0.25) is 0 Å². The highest BCUT2D eigenvalue weighted by Gasteiger charge is 2.10. The normalized spacial score (nSPS) is 11.6. The Morgan fingerprint density at radius 3 is 2.06 bits per heavy atom. The molecule has 0 saturated carbocycles. The molecule has 0 aromatic heterocycles. The van der Waals surface area contributed by atoms with Crippen molar-refractivity contribution in [1.29, 1.82) is 0 Å². The van der Waals surface area contributed by atoms with Crippen molar-refractivity contribution < 1.29 is 0 Å². The molecule has 0 heterocycles. The fourth-order valence-electron chi connectivity index (χ4n) is 1.54. The molecule has 2 aromatic carbocycles. The summed E-state index contributed by atoms with van der Waals surface area (Å²) in [7, 11) is 2.80. The standard InChI is InChI=1S/C13H12IP.BrH/c14-13(10-6-2-1-3-7-10)11-8-4-5-9-12(11)15;/h1-9,13H,15H2;1H. The van der Waals surface area contributed by atoms with Crippen LogP contribution in [0, 0.1) is 0 Å². The first-order valence-corrected chi connectivity index (χ1v) is 6.65. The van der Waals surface area contributed by atoms with E-state index in [9.17, 15) is 0 Å². The highest BCUT2D eigenvalue weighted by Crippen LogP contribution is 2.30. The van der Waals surface area contributed by atoms with Gasteiger partial charge in [-0.3, -0.25) is 0 Å². The number of benzene rings is 2. The largest absolute Gasteiger partial charge is 0.114 e. The van der Waals surface area contributed by atoms with Crippen LogP contribution < -0.4 is 5.30 Å². The van der Waals surface area contributed by atoms with E-state index in [-0.39, 0.29) is 17.0 Å². The third kappa shape index (κ3) is 3.28. The van der Waals surface area contributed by atoms with Crippen LogP contribution in [-0.4, -0.2) is 0 Å². The Morgan fingerprint density at radius 1 is 0.875 bits per heavy atom. The minimum atomic E-state index is 0. The monoisotopic (exact) mass is 406 g/mol. The summed E-state index contributed by atoms with van der Waals surface area (Å²) < 4.78 is 0.428. The fraction of sp³-hybridized carbons (Fsp3) is 0.0769. The molecule has 0 aliphatic carbocycles. The Kier molecular flexibility index (Phi) is 5.95. The van der Waals surface area contributed by atoms with Crippen LogP contribution in [0.4, 0.5) is 0 Å². The van der Waals surface area contributed by atoms with Gasteiger partial charge in [-0.1, -0.05) is 77.2 Å². The van der Waals surface area contributed by atoms with Crippen molar-refractivity contribution in [2.24, 2.45) is 0 Å². The Hall–Kier alpha value is 0.0800.